The predicted molar refractivity (Wildman–Crippen MR) is 71.2 cm³/mol. The average Bonchev–Trinajstić information content (AvgIpc) is 2.67. The van der Waals surface area contributed by atoms with Gasteiger partial charge in [0.25, 0.3) is 5.69 Å². The number of nitro groups is 1. The number of nitrogens with one attached hydrogen (secondary N) is 1. The predicted octanol–water partition coefficient (Wildman–Crippen LogP) is 1.89. The van der Waals surface area contributed by atoms with Gasteiger partial charge in [-0.15, -0.1) is 0 Å². The Morgan fingerprint density at radius 3 is 2.68 bits per heavy atom. The number of hydrogen-bond donors (Lipinski definition) is 1. The molecule has 7 heteroatoms. The lowest BCUT2D eigenvalue weighted by Crippen LogP contribution is -2.07. The highest BCUT2D eigenvalue weighted by Crippen LogP contribution is 2.22. The molecule has 0 amide bonds. The molecule has 0 radical (unpaired) electrons. The van der Waals surface area contributed by atoms with Crippen molar-refractivity contribution in [3.05, 3.63) is 45.5 Å². The summed E-state index contributed by atoms with van der Waals surface area (Å²) in [6.07, 6.45) is 0. The summed E-state index contributed by atoms with van der Waals surface area (Å²) in [7, 11) is 1.78. The van der Waals surface area contributed by atoms with Gasteiger partial charge in [0.15, 0.2) is 0 Å². The van der Waals surface area contributed by atoms with E-state index in [1.54, 1.807) is 23.9 Å². The zero-order valence-electron chi connectivity index (χ0n) is 11.0. The molecule has 0 saturated heterocycles. The van der Waals surface area contributed by atoms with E-state index in [4.69, 9.17) is 0 Å². The van der Waals surface area contributed by atoms with Crippen LogP contribution in [0.15, 0.2) is 18.2 Å². The third-order valence-electron chi connectivity index (χ3n) is 2.85. The molecule has 2 aromatic rings. The van der Waals surface area contributed by atoms with Crippen molar-refractivity contribution < 1.29 is 4.92 Å². The van der Waals surface area contributed by atoms with Gasteiger partial charge in [0.1, 0.15) is 11.6 Å². The lowest BCUT2D eigenvalue weighted by molar-refractivity contribution is -0.384. The SMILES string of the molecule is CNc1ccc([N+](=O)[O-])cc1Cn1nc(C)nc1C. The van der Waals surface area contributed by atoms with E-state index in [9.17, 15) is 10.1 Å². The van der Waals surface area contributed by atoms with Gasteiger partial charge >= 0.3 is 0 Å². The second kappa shape index (κ2) is 5.05. The summed E-state index contributed by atoms with van der Waals surface area (Å²) < 4.78 is 1.73. The Bertz CT molecular complexity index is 621. The molecule has 19 heavy (non-hydrogen) atoms. The fourth-order valence-electron chi connectivity index (χ4n) is 1.94. The van der Waals surface area contributed by atoms with Crippen molar-refractivity contribution in [3.63, 3.8) is 0 Å². The average molecular weight is 261 g/mol. The molecule has 0 aliphatic carbocycles. The van der Waals surface area contributed by atoms with E-state index >= 15 is 0 Å². The zero-order valence-corrected chi connectivity index (χ0v) is 11.0. The summed E-state index contributed by atoms with van der Waals surface area (Å²) >= 11 is 0. The van der Waals surface area contributed by atoms with Crippen LogP contribution in [0.3, 0.4) is 0 Å². The van der Waals surface area contributed by atoms with Crippen molar-refractivity contribution in [2.45, 2.75) is 20.4 Å². The number of non-ortho nitro benzene ring substituents is 1. The quantitative estimate of drug-likeness (QED) is 0.671. The van der Waals surface area contributed by atoms with Crippen molar-refractivity contribution >= 4 is 11.4 Å². The first kappa shape index (κ1) is 13.0. The van der Waals surface area contributed by atoms with Gasteiger partial charge in [0, 0.05) is 30.4 Å². The van der Waals surface area contributed by atoms with Crippen LogP contribution in [0.1, 0.15) is 17.2 Å². The van der Waals surface area contributed by atoms with Crippen molar-refractivity contribution in [3.8, 4) is 0 Å². The van der Waals surface area contributed by atoms with E-state index in [-0.39, 0.29) is 5.69 Å². The van der Waals surface area contributed by atoms with E-state index < -0.39 is 4.92 Å². The van der Waals surface area contributed by atoms with Crippen molar-refractivity contribution in [1.29, 1.82) is 0 Å². The zero-order chi connectivity index (χ0) is 14.0. The van der Waals surface area contributed by atoms with Crippen molar-refractivity contribution in [2.24, 2.45) is 0 Å². The van der Waals surface area contributed by atoms with Gasteiger partial charge in [0.05, 0.1) is 11.5 Å². The minimum absolute atomic E-state index is 0.0727. The Kier molecular flexibility index (Phi) is 3.46. The molecule has 0 unspecified atom stereocenters. The molecule has 1 heterocycles. The van der Waals surface area contributed by atoms with Gasteiger partial charge in [-0.2, -0.15) is 5.10 Å². The normalized spacial score (nSPS) is 10.5. The van der Waals surface area contributed by atoms with Crippen molar-refractivity contribution in [1.82, 2.24) is 14.8 Å². The molecule has 1 N–H and O–H groups in total. The fourth-order valence-corrected chi connectivity index (χ4v) is 1.94. The molecular formula is C12H15N5O2. The maximum absolute atomic E-state index is 10.8. The van der Waals surface area contributed by atoms with E-state index in [2.05, 4.69) is 15.4 Å². The maximum atomic E-state index is 10.8. The van der Waals surface area contributed by atoms with Crippen LogP contribution in [0.2, 0.25) is 0 Å². The molecule has 0 spiro atoms. The van der Waals surface area contributed by atoms with Crippen LogP contribution >= 0.6 is 0 Å². The number of benzene rings is 1. The standard InChI is InChI=1S/C12H15N5O2/c1-8-14-9(2)16(15-8)7-10-6-11(17(18)19)4-5-12(10)13-3/h4-6,13H,7H2,1-3H3. The molecular weight excluding hydrogens is 246 g/mol. The molecule has 100 valence electrons. The topological polar surface area (TPSA) is 85.9 Å². The summed E-state index contributed by atoms with van der Waals surface area (Å²) in [5, 5.41) is 18.1. The van der Waals surface area contributed by atoms with Crippen LogP contribution in [-0.4, -0.2) is 26.7 Å². The minimum atomic E-state index is -0.400. The highest BCUT2D eigenvalue weighted by atomic mass is 16.6. The van der Waals surface area contributed by atoms with Gasteiger partial charge in [0.2, 0.25) is 0 Å². The number of rotatable bonds is 4. The van der Waals surface area contributed by atoms with E-state index in [1.165, 1.54) is 6.07 Å². The lowest BCUT2D eigenvalue weighted by atomic mass is 10.1. The summed E-state index contributed by atoms with van der Waals surface area (Å²) in [5.74, 6) is 1.47. The molecule has 0 atom stereocenters. The molecule has 7 nitrogen and oxygen atoms in total. The lowest BCUT2D eigenvalue weighted by Gasteiger charge is -2.09. The van der Waals surface area contributed by atoms with E-state index in [0.717, 1.165) is 17.1 Å². The number of nitrogens with zero attached hydrogens (tertiary/aromatic N) is 4. The van der Waals surface area contributed by atoms with Crippen LogP contribution in [-0.2, 0) is 6.54 Å². The molecule has 1 aromatic heterocycles. The highest BCUT2D eigenvalue weighted by Gasteiger charge is 2.12. The molecule has 0 aliphatic rings. The fraction of sp³-hybridized carbons (Fsp3) is 0.333. The molecule has 0 saturated carbocycles. The summed E-state index contributed by atoms with van der Waals surface area (Å²) in [5.41, 5.74) is 1.73. The van der Waals surface area contributed by atoms with Crippen LogP contribution in [0.25, 0.3) is 0 Å². The Morgan fingerprint density at radius 2 is 2.16 bits per heavy atom. The molecule has 2 rings (SSSR count). The maximum Gasteiger partial charge on any atom is 0.269 e. The number of anilines is 1. The van der Waals surface area contributed by atoms with Gasteiger partial charge in [-0.25, -0.2) is 9.67 Å². The Balaban J connectivity index is 2.39. The minimum Gasteiger partial charge on any atom is -0.388 e. The number of aryl methyl sites for hydroxylation is 2. The third-order valence-corrected chi connectivity index (χ3v) is 2.85. The Hall–Kier alpha value is -2.44. The van der Waals surface area contributed by atoms with Gasteiger partial charge in [-0.3, -0.25) is 10.1 Å². The first-order valence-corrected chi connectivity index (χ1v) is 5.84. The summed E-state index contributed by atoms with van der Waals surface area (Å²) in [6.45, 7) is 4.12. The monoisotopic (exact) mass is 261 g/mol. The van der Waals surface area contributed by atoms with E-state index in [0.29, 0.717) is 12.4 Å². The molecule has 0 fully saturated rings. The largest absolute Gasteiger partial charge is 0.388 e. The number of aromatic nitrogens is 3. The van der Waals surface area contributed by atoms with Crippen LogP contribution in [0.5, 0.6) is 0 Å². The smallest absolute Gasteiger partial charge is 0.269 e. The second-order valence-corrected chi connectivity index (χ2v) is 4.21. The Morgan fingerprint density at radius 1 is 1.42 bits per heavy atom. The number of nitro benzene ring substituents is 1. The first-order chi connectivity index (χ1) is 9.01. The number of hydrogen-bond acceptors (Lipinski definition) is 5. The highest BCUT2D eigenvalue weighted by molar-refractivity contribution is 5.55. The summed E-state index contributed by atoms with van der Waals surface area (Å²) in [6, 6.07) is 4.74. The molecule has 0 aliphatic heterocycles. The van der Waals surface area contributed by atoms with Gasteiger partial charge in [-0.05, 0) is 19.9 Å². The summed E-state index contributed by atoms with van der Waals surface area (Å²) in [4.78, 5) is 14.6. The van der Waals surface area contributed by atoms with Crippen LogP contribution < -0.4 is 5.32 Å². The van der Waals surface area contributed by atoms with E-state index in [1.807, 2.05) is 13.8 Å². The van der Waals surface area contributed by atoms with Crippen LogP contribution in [0, 0.1) is 24.0 Å². The van der Waals surface area contributed by atoms with Gasteiger partial charge in [-0.1, -0.05) is 0 Å². The Labute approximate surface area is 110 Å². The first-order valence-electron chi connectivity index (χ1n) is 5.84. The van der Waals surface area contributed by atoms with Crippen molar-refractivity contribution in [2.75, 3.05) is 12.4 Å². The third kappa shape index (κ3) is 2.70. The molecule has 0 bridgehead atoms. The van der Waals surface area contributed by atoms with Gasteiger partial charge < -0.3 is 5.32 Å². The molecule has 1 aromatic carbocycles. The van der Waals surface area contributed by atoms with Crippen LogP contribution in [0.4, 0.5) is 11.4 Å². The second-order valence-electron chi connectivity index (χ2n) is 4.21.